The standard InChI is InChI=1S/C15H11F3O4/c16-15(17,18)13-6-9(14(20)21)4-5-10(13)8-22-12-3-1-2-11(19)7-12/h1-7,19H,8H2,(H,20,21). The van der Waals surface area contributed by atoms with Crippen LogP contribution in [0.5, 0.6) is 11.5 Å². The SMILES string of the molecule is O=C(O)c1ccc(COc2cccc(O)c2)c(C(F)(F)F)c1. The molecule has 0 aliphatic heterocycles. The summed E-state index contributed by atoms with van der Waals surface area (Å²) in [5.41, 5.74) is -1.71. The highest BCUT2D eigenvalue weighted by Crippen LogP contribution is 2.33. The van der Waals surface area contributed by atoms with Crippen molar-refractivity contribution in [2.75, 3.05) is 0 Å². The summed E-state index contributed by atoms with van der Waals surface area (Å²) in [4.78, 5) is 10.8. The number of carbonyl (C=O) groups is 1. The number of hydrogen-bond acceptors (Lipinski definition) is 3. The van der Waals surface area contributed by atoms with Crippen LogP contribution in [0.2, 0.25) is 0 Å². The third-order valence-electron chi connectivity index (χ3n) is 2.87. The van der Waals surface area contributed by atoms with E-state index in [9.17, 15) is 23.1 Å². The quantitative estimate of drug-likeness (QED) is 0.903. The number of hydrogen-bond donors (Lipinski definition) is 2. The normalized spacial score (nSPS) is 11.2. The van der Waals surface area contributed by atoms with Gasteiger partial charge in [-0.15, -0.1) is 0 Å². The molecule has 0 radical (unpaired) electrons. The van der Waals surface area contributed by atoms with E-state index >= 15 is 0 Å². The fourth-order valence-electron chi connectivity index (χ4n) is 1.83. The molecule has 2 aromatic carbocycles. The molecule has 116 valence electrons. The molecule has 0 spiro atoms. The molecule has 0 bridgehead atoms. The van der Waals surface area contributed by atoms with Crippen molar-refractivity contribution in [3.05, 3.63) is 59.2 Å². The first-order valence-electron chi connectivity index (χ1n) is 6.12. The molecule has 0 aromatic heterocycles. The van der Waals surface area contributed by atoms with E-state index in [4.69, 9.17) is 9.84 Å². The Morgan fingerprint density at radius 3 is 2.45 bits per heavy atom. The van der Waals surface area contributed by atoms with Crippen molar-refractivity contribution in [1.82, 2.24) is 0 Å². The van der Waals surface area contributed by atoms with Crippen LogP contribution in [0.4, 0.5) is 13.2 Å². The molecule has 0 unspecified atom stereocenters. The van der Waals surface area contributed by atoms with Gasteiger partial charge in [-0.2, -0.15) is 13.2 Å². The van der Waals surface area contributed by atoms with Gasteiger partial charge in [-0.25, -0.2) is 4.79 Å². The largest absolute Gasteiger partial charge is 0.508 e. The molecule has 0 aliphatic carbocycles. The number of phenolic OH excluding ortho intramolecular Hbond substituents is 1. The van der Waals surface area contributed by atoms with Crippen LogP contribution in [0.15, 0.2) is 42.5 Å². The second-order valence-corrected chi connectivity index (χ2v) is 4.46. The zero-order valence-electron chi connectivity index (χ0n) is 11.1. The minimum atomic E-state index is -4.69. The van der Waals surface area contributed by atoms with E-state index in [1.165, 1.54) is 24.3 Å². The molecule has 0 saturated carbocycles. The molecule has 0 atom stereocenters. The van der Waals surface area contributed by atoms with Crippen molar-refractivity contribution in [1.29, 1.82) is 0 Å². The fourth-order valence-corrected chi connectivity index (χ4v) is 1.83. The van der Waals surface area contributed by atoms with Gasteiger partial charge >= 0.3 is 12.1 Å². The van der Waals surface area contributed by atoms with Crippen LogP contribution >= 0.6 is 0 Å². The lowest BCUT2D eigenvalue weighted by Gasteiger charge is -2.14. The van der Waals surface area contributed by atoms with E-state index < -0.39 is 29.9 Å². The van der Waals surface area contributed by atoms with Crippen LogP contribution in [0.3, 0.4) is 0 Å². The molecule has 2 N–H and O–H groups in total. The summed E-state index contributed by atoms with van der Waals surface area (Å²) in [5, 5.41) is 18.0. The monoisotopic (exact) mass is 312 g/mol. The number of rotatable bonds is 4. The van der Waals surface area contributed by atoms with Gasteiger partial charge in [0.05, 0.1) is 11.1 Å². The Morgan fingerprint density at radius 1 is 1.14 bits per heavy atom. The summed E-state index contributed by atoms with van der Waals surface area (Å²) < 4.78 is 44.2. The highest BCUT2D eigenvalue weighted by Gasteiger charge is 2.34. The Labute approximate surface area is 123 Å². The lowest BCUT2D eigenvalue weighted by molar-refractivity contribution is -0.138. The Balaban J connectivity index is 2.28. The van der Waals surface area contributed by atoms with Gasteiger partial charge in [0.25, 0.3) is 0 Å². The van der Waals surface area contributed by atoms with Crippen LogP contribution in [-0.4, -0.2) is 16.2 Å². The molecule has 0 heterocycles. The van der Waals surface area contributed by atoms with Crippen LogP contribution in [-0.2, 0) is 12.8 Å². The lowest BCUT2D eigenvalue weighted by atomic mass is 10.0. The molecule has 0 amide bonds. The minimum Gasteiger partial charge on any atom is -0.508 e. The third kappa shape index (κ3) is 3.69. The topological polar surface area (TPSA) is 66.8 Å². The average Bonchev–Trinajstić information content (AvgIpc) is 2.44. The highest BCUT2D eigenvalue weighted by molar-refractivity contribution is 5.88. The van der Waals surface area contributed by atoms with Gasteiger partial charge in [0.1, 0.15) is 18.1 Å². The maximum atomic E-state index is 13.0. The van der Waals surface area contributed by atoms with Gasteiger partial charge in [0, 0.05) is 11.6 Å². The predicted octanol–water partition coefficient (Wildman–Crippen LogP) is 3.69. The van der Waals surface area contributed by atoms with Crippen molar-refractivity contribution >= 4 is 5.97 Å². The predicted molar refractivity (Wildman–Crippen MR) is 70.8 cm³/mol. The van der Waals surface area contributed by atoms with Crippen LogP contribution in [0.25, 0.3) is 0 Å². The summed E-state index contributed by atoms with van der Waals surface area (Å²) in [6.07, 6.45) is -4.69. The highest BCUT2D eigenvalue weighted by atomic mass is 19.4. The number of carboxylic acids is 1. The Bertz CT molecular complexity index is 695. The summed E-state index contributed by atoms with van der Waals surface area (Å²) in [7, 11) is 0. The molecule has 7 heteroatoms. The van der Waals surface area contributed by atoms with Crippen molar-refractivity contribution in [3.8, 4) is 11.5 Å². The summed E-state index contributed by atoms with van der Waals surface area (Å²) >= 11 is 0. The minimum absolute atomic E-state index is 0.0743. The number of aromatic carboxylic acids is 1. The Kier molecular flexibility index (Phi) is 4.25. The van der Waals surface area contributed by atoms with E-state index in [0.717, 1.165) is 12.1 Å². The number of phenols is 1. The van der Waals surface area contributed by atoms with Crippen LogP contribution in [0, 0.1) is 0 Å². The van der Waals surface area contributed by atoms with Gasteiger partial charge in [0.2, 0.25) is 0 Å². The number of ether oxygens (including phenoxy) is 1. The van der Waals surface area contributed by atoms with E-state index in [0.29, 0.717) is 6.07 Å². The molecular weight excluding hydrogens is 301 g/mol. The molecule has 2 rings (SSSR count). The molecule has 0 fully saturated rings. The van der Waals surface area contributed by atoms with Crippen molar-refractivity contribution in [2.45, 2.75) is 12.8 Å². The van der Waals surface area contributed by atoms with Gasteiger partial charge < -0.3 is 14.9 Å². The number of alkyl halides is 3. The number of benzene rings is 2. The zero-order valence-corrected chi connectivity index (χ0v) is 11.1. The average molecular weight is 312 g/mol. The first-order valence-corrected chi connectivity index (χ1v) is 6.12. The van der Waals surface area contributed by atoms with Crippen LogP contribution in [0.1, 0.15) is 21.5 Å². The maximum Gasteiger partial charge on any atom is 0.416 e. The molecule has 22 heavy (non-hydrogen) atoms. The number of carboxylic acid groups (broad SMARTS) is 1. The first kappa shape index (κ1) is 15.7. The zero-order chi connectivity index (χ0) is 16.3. The summed E-state index contributed by atoms with van der Waals surface area (Å²) in [5.74, 6) is -1.31. The first-order chi connectivity index (χ1) is 10.3. The van der Waals surface area contributed by atoms with Gasteiger partial charge in [-0.05, 0) is 24.3 Å². The molecule has 2 aromatic rings. The molecule has 0 saturated heterocycles. The maximum absolute atomic E-state index is 13.0. The third-order valence-corrected chi connectivity index (χ3v) is 2.87. The van der Waals surface area contributed by atoms with E-state index in [1.807, 2.05) is 0 Å². The fraction of sp³-hybridized carbons (Fsp3) is 0.133. The molecular formula is C15H11F3O4. The van der Waals surface area contributed by atoms with Crippen molar-refractivity contribution in [2.24, 2.45) is 0 Å². The Morgan fingerprint density at radius 2 is 1.86 bits per heavy atom. The Hall–Kier alpha value is -2.70. The molecule has 4 nitrogen and oxygen atoms in total. The summed E-state index contributed by atoms with van der Waals surface area (Å²) in [6, 6.07) is 8.35. The number of aromatic hydroxyl groups is 1. The smallest absolute Gasteiger partial charge is 0.416 e. The second kappa shape index (κ2) is 5.97. The van der Waals surface area contributed by atoms with Crippen LogP contribution < -0.4 is 4.74 Å². The second-order valence-electron chi connectivity index (χ2n) is 4.46. The van der Waals surface area contributed by atoms with Gasteiger partial charge in [-0.3, -0.25) is 0 Å². The van der Waals surface area contributed by atoms with Gasteiger partial charge in [0.15, 0.2) is 0 Å². The van der Waals surface area contributed by atoms with Gasteiger partial charge in [-0.1, -0.05) is 12.1 Å². The molecule has 0 aliphatic rings. The number of halogens is 3. The summed E-state index contributed by atoms with van der Waals surface area (Å²) in [6.45, 7) is -0.405. The van der Waals surface area contributed by atoms with Crippen molar-refractivity contribution < 1.29 is 32.9 Å². The van der Waals surface area contributed by atoms with E-state index in [1.54, 1.807) is 0 Å². The van der Waals surface area contributed by atoms with Crippen molar-refractivity contribution in [3.63, 3.8) is 0 Å². The van der Waals surface area contributed by atoms with E-state index in [-0.39, 0.29) is 17.1 Å². The lowest BCUT2D eigenvalue weighted by Crippen LogP contribution is -2.13. The van der Waals surface area contributed by atoms with E-state index in [2.05, 4.69) is 0 Å².